The van der Waals surface area contributed by atoms with Gasteiger partial charge in [-0.15, -0.1) is 11.3 Å². The minimum absolute atomic E-state index is 0.0836. The summed E-state index contributed by atoms with van der Waals surface area (Å²) >= 11 is 1.37. The van der Waals surface area contributed by atoms with Crippen molar-refractivity contribution in [1.82, 2.24) is 5.32 Å². The Morgan fingerprint density at radius 1 is 1.50 bits per heavy atom. The number of carbonyl (C=O) groups excluding carboxylic acids is 1. The lowest BCUT2D eigenvalue weighted by Gasteiger charge is -2.15. The Morgan fingerprint density at radius 2 is 2.22 bits per heavy atom. The molecule has 1 aromatic rings. The van der Waals surface area contributed by atoms with Gasteiger partial charge >= 0.3 is 0 Å². The molecule has 1 aromatic heterocycles. The maximum absolute atomic E-state index is 12.0. The SMILES string of the molecule is CC(C)C(C)CNC(=O)c1sccc1C#CCO. The Kier molecular flexibility index (Phi) is 5.90. The van der Waals surface area contributed by atoms with Crippen LogP contribution in [-0.2, 0) is 0 Å². The van der Waals surface area contributed by atoms with Gasteiger partial charge in [-0.2, -0.15) is 0 Å². The molecule has 2 N–H and O–H groups in total. The van der Waals surface area contributed by atoms with Crippen molar-refractivity contribution in [3.8, 4) is 11.8 Å². The molecule has 0 bridgehead atoms. The maximum Gasteiger partial charge on any atom is 0.262 e. The van der Waals surface area contributed by atoms with Crippen molar-refractivity contribution in [2.75, 3.05) is 13.2 Å². The lowest BCUT2D eigenvalue weighted by atomic mass is 9.98. The van der Waals surface area contributed by atoms with Crippen LogP contribution in [0.4, 0.5) is 0 Å². The van der Waals surface area contributed by atoms with E-state index in [4.69, 9.17) is 5.11 Å². The van der Waals surface area contributed by atoms with Gasteiger partial charge < -0.3 is 10.4 Å². The molecule has 1 amide bonds. The summed E-state index contributed by atoms with van der Waals surface area (Å²) in [5, 5.41) is 13.4. The van der Waals surface area contributed by atoms with Crippen LogP contribution in [0.25, 0.3) is 0 Å². The zero-order chi connectivity index (χ0) is 13.5. The van der Waals surface area contributed by atoms with Crippen LogP contribution in [-0.4, -0.2) is 24.2 Å². The average molecular weight is 265 g/mol. The first-order chi connectivity index (χ1) is 8.56. The normalized spacial score (nSPS) is 11.8. The molecular formula is C14H19NO2S. The molecule has 0 aliphatic carbocycles. The van der Waals surface area contributed by atoms with Crippen LogP contribution in [0.5, 0.6) is 0 Å². The number of rotatable bonds is 4. The summed E-state index contributed by atoms with van der Waals surface area (Å²) < 4.78 is 0. The summed E-state index contributed by atoms with van der Waals surface area (Å²) in [7, 11) is 0. The molecule has 3 nitrogen and oxygen atoms in total. The summed E-state index contributed by atoms with van der Waals surface area (Å²) in [6.07, 6.45) is 0. The number of thiophene rings is 1. The maximum atomic E-state index is 12.0. The smallest absolute Gasteiger partial charge is 0.262 e. The summed E-state index contributed by atoms with van der Waals surface area (Å²) in [6, 6.07) is 1.80. The van der Waals surface area contributed by atoms with Gasteiger partial charge in [0, 0.05) is 12.1 Å². The highest BCUT2D eigenvalue weighted by atomic mass is 32.1. The van der Waals surface area contributed by atoms with E-state index in [1.54, 1.807) is 6.07 Å². The second-order valence-corrected chi connectivity index (χ2v) is 5.47. The predicted octanol–water partition coefficient (Wildman–Crippen LogP) is 2.11. The van der Waals surface area contributed by atoms with Gasteiger partial charge in [0.25, 0.3) is 5.91 Å². The molecule has 0 saturated heterocycles. The lowest BCUT2D eigenvalue weighted by Crippen LogP contribution is -2.30. The summed E-state index contributed by atoms with van der Waals surface area (Å²) in [5.74, 6) is 6.25. The summed E-state index contributed by atoms with van der Waals surface area (Å²) in [4.78, 5) is 12.6. The standard InChI is InChI=1S/C14H19NO2S/c1-10(2)11(3)9-15-14(17)13-12(5-4-7-16)6-8-18-13/h6,8,10-11,16H,7,9H2,1-3H3,(H,15,17). The van der Waals surface area contributed by atoms with Crippen LogP contribution in [0.15, 0.2) is 11.4 Å². The van der Waals surface area contributed by atoms with Crippen molar-refractivity contribution in [1.29, 1.82) is 0 Å². The first-order valence-electron chi connectivity index (χ1n) is 6.01. The Hall–Kier alpha value is -1.31. The van der Waals surface area contributed by atoms with Gasteiger partial charge in [-0.05, 0) is 23.3 Å². The van der Waals surface area contributed by atoms with Gasteiger partial charge in [-0.25, -0.2) is 0 Å². The van der Waals surface area contributed by atoms with E-state index in [-0.39, 0.29) is 12.5 Å². The molecule has 0 saturated carbocycles. The number of aliphatic hydroxyl groups excluding tert-OH is 1. The molecule has 1 atom stereocenters. The monoisotopic (exact) mass is 265 g/mol. The van der Waals surface area contributed by atoms with Gasteiger partial charge in [0.2, 0.25) is 0 Å². The van der Waals surface area contributed by atoms with Crippen LogP contribution in [0.3, 0.4) is 0 Å². The number of hydrogen-bond donors (Lipinski definition) is 2. The fraction of sp³-hybridized carbons (Fsp3) is 0.500. The molecule has 0 aromatic carbocycles. The van der Waals surface area contributed by atoms with Crippen molar-refractivity contribution in [2.24, 2.45) is 11.8 Å². The van der Waals surface area contributed by atoms with E-state index in [0.717, 1.165) is 0 Å². The Labute approximate surface area is 112 Å². The van der Waals surface area contributed by atoms with Crippen LogP contribution in [0.1, 0.15) is 36.0 Å². The molecule has 1 rings (SSSR count). The molecule has 0 aliphatic rings. The fourth-order valence-electron chi connectivity index (χ4n) is 1.29. The summed E-state index contributed by atoms with van der Waals surface area (Å²) in [6.45, 7) is 6.87. The number of aliphatic hydroxyl groups is 1. The van der Waals surface area contributed by atoms with Crippen molar-refractivity contribution in [3.05, 3.63) is 21.9 Å². The van der Waals surface area contributed by atoms with Gasteiger partial charge in [-0.3, -0.25) is 4.79 Å². The Bertz CT molecular complexity index is 454. The van der Waals surface area contributed by atoms with Crippen LogP contribution in [0, 0.1) is 23.7 Å². The van der Waals surface area contributed by atoms with E-state index < -0.39 is 0 Å². The number of carbonyl (C=O) groups is 1. The van der Waals surface area contributed by atoms with Crippen LogP contribution < -0.4 is 5.32 Å². The minimum atomic E-state index is -0.193. The fourth-order valence-corrected chi connectivity index (χ4v) is 2.05. The minimum Gasteiger partial charge on any atom is -0.384 e. The number of nitrogens with one attached hydrogen (secondary N) is 1. The van der Waals surface area contributed by atoms with Crippen molar-refractivity contribution >= 4 is 17.2 Å². The molecule has 1 unspecified atom stereocenters. The van der Waals surface area contributed by atoms with Gasteiger partial charge in [0.05, 0.1) is 0 Å². The zero-order valence-corrected chi connectivity index (χ0v) is 11.8. The third-order valence-electron chi connectivity index (χ3n) is 2.90. The lowest BCUT2D eigenvalue weighted by molar-refractivity contribution is 0.0949. The molecule has 0 radical (unpaired) electrons. The van der Waals surface area contributed by atoms with Crippen molar-refractivity contribution < 1.29 is 9.90 Å². The second-order valence-electron chi connectivity index (χ2n) is 4.55. The first-order valence-corrected chi connectivity index (χ1v) is 6.89. The molecule has 98 valence electrons. The van der Waals surface area contributed by atoms with Crippen LogP contribution >= 0.6 is 11.3 Å². The van der Waals surface area contributed by atoms with Gasteiger partial charge in [0.1, 0.15) is 11.5 Å². The molecule has 0 aliphatic heterocycles. The highest BCUT2D eigenvalue weighted by molar-refractivity contribution is 7.12. The topological polar surface area (TPSA) is 49.3 Å². The Morgan fingerprint density at radius 3 is 2.83 bits per heavy atom. The van der Waals surface area contributed by atoms with Crippen molar-refractivity contribution in [2.45, 2.75) is 20.8 Å². The molecule has 0 fully saturated rings. The quantitative estimate of drug-likeness (QED) is 0.819. The van der Waals surface area contributed by atoms with E-state index in [1.807, 2.05) is 5.38 Å². The molecular weight excluding hydrogens is 246 g/mol. The average Bonchev–Trinajstić information content (AvgIpc) is 2.81. The van der Waals surface area contributed by atoms with E-state index in [0.29, 0.717) is 28.8 Å². The third kappa shape index (κ3) is 4.17. The van der Waals surface area contributed by atoms with E-state index >= 15 is 0 Å². The van der Waals surface area contributed by atoms with E-state index in [1.165, 1.54) is 11.3 Å². The van der Waals surface area contributed by atoms with E-state index in [2.05, 4.69) is 37.9 Å². The summed E-state index contributed by atoms with van der Waals surface area (Å²) in [5.41, 5.74) is 0.684. The van der Waals surface area contributed by atoms with E-state index in [9.17, 15) is 4.79 Å². The van der Waals surface area contributed by atoms with Gasteiger partial charge in [0.15, 0.2) is 0 Å². The number of hydrogen-bond acceptors (Lipinski definition) is 3. The molecule has 1 heterocycles. The van der Waals surface area contributed by atoms with Gasteiger partial charge in [-0.1, -0.05) is 32.6 Å². The second kappa shape index (κ2) is 7.20. The largest absolute Gasteiger partial charge is 0.384 e. The molecule has 0 spiro atoms. The van der Waals surface area contributed by atoms with Crippen molar-refractivity contribution in [3.63, 3.8) is 0 Å². The third-order valence-corrected chi connectivity index (χ3v) is 3.81. The first kappa shape index (κ1) is 14.7. The highest BCUT2D eigenvalue weighted by Crippen LogP contribution is 2.16. The molecule has 18 heavy (non-hydrogen) atoms. The molecule has 4 heteroatoms. The zero-order valence-electron chi connectivity index (χ0n) is 11.0. The predicted molar refractivity (Wildman–Crippen MR) is 74.6 cm³/mol. The number of amides is 1. The highest BCUT2D eigenvalue weighted by Gasteiger charge is 2.14. The Balaban J connectivity index is 2.65. The van der Waals surface area contributed by atoms with Crippen LogP contribution in [0.2, 0.25) is 0 Å².